The number of hydrogen-bond acceptors (Lipinski definition) is 3. The average Bonchev–Trinajstić information content (AvgIpc) is 2.74. The van der Waals surface area contributed by atoms with E-state index in [1.54, 1.807) is 17.0 Å². The molecule has 3 aromatic carbocycles. The van der Waals surface area contributed by atoms with Gasteiger partial charge in [-0.2, -0.15) is 0 Å². The van der Waals surface area contributed by atoms with Crippen molar-refractivity contribution < 1.29 is 13.2 Å². The van der Waals surface area contributed by atoms with Crippen molar-refractivity contribution in [1.29, 1.82) is 0 Å². The smallest absolute Gasteiger partial charge is 0.258 e. The summed E-state index contributed by atoms with van der Waals surface area (Å²) < 4.78 is 27.2. The van der Waals surface area contributed by atoms with Crippen molar-refractivity contribution in [1.82, 2.24) is 0 Å². The quantitative estimate of drug-likeness (QED) is 0.584. The van der Waals surface area contributed by atoms with Crippen LogP contribution in [0.5, 0.6) is 0 Å². The van der Waals surface area contributed by atoms with Crippen LogP contribution in [0.1, 0.15) is 40.9 Å². The molecule has 0 spiro atoms. The van der Waals surface area contributed by atoms with E-state index in [1.165, 1.54) is 10.6 Å². The van der Waals surface area contributed by atoms with Gasteiger partial charge in [-0.15, -0.1) is 0 Å². The molecule has 3 aromatic rings. The highest BCUT2D eigenvalue weighted by molar-refractivity contribution is 7.92. The van der Waals surface area contributed by atoms with Crippen molar-refractivity contribution in [2.24, 2.45) is 0 Å². The second kappa shape index (κ2) is 8.19. The molecule has 0 saturated heterocycles. The number of anilines is 2. The number of aryl methyl sites for hydroxylation is 1. The van der Waals surface area contributed by atoms with Crippen molar-refractivity contribution in [3.05, 3.63) is 95.6 Å². The van der Waals surface area contributed by atoms with Crippen LogP contribution in [0.15, 0.2) is 78.9 Å². The first-order chi connectivity index (χ1) is 14.8. The molecule has 0 aliphatic carbocycles. The van der Waals surface area contributed by atoms with Crippen LogP contribution in [0.2, 0.25) is 0 Å². The van der Waals surface area contributed by atoms with E-state index in [0.29, 0.717) is 17.7 Å². The average molecular weight is 435 g/mol. The minimum atomic E-state index is -3.55. The molecule has 160 valence electrons. The van der Waals surface area contributed by atoms with Crippen molar-refractivity contribution >= 4 is 27.3 Å². The van der Waals surface area contributed by atoms with Gasteiger partial charge in [0.05, 0.1) is 18.0 Å². The van der Waals surface area contributed by atoms with Crippen molar-refractivity contribution in [2.75, 3.05) is 15.5 Å². The first-order valence-electron chi connectivity index (χ1n) is 10.3. The summed E-state index contributed by atoms with van der Waals surface area (Å²) in [4.78, 5) is 15.2. The van der Waals surface area contributed by atoms with Gasteiger partial charge in [0.25, 0.3) is 5.91 Å². The fourth-order valence-electron chi connectivity index (χ4n) is 4.33. The maximum atomic E-state index is 13.4. The maximum Gasteiger partial charge on any atom is 0.258 e. The number of rotatable bonds is 4. The fraction of sp³-hybridized carbons (Fsp3) is 0.240. The van der Waals surface area contributed by atoms with Gasteiger partial charge in [-0.05, 0) is 56.2 Å². The molecule has 0 radical (unpaired) electrons. The highest BCUT2D eigenvalue weighted by Gasteiger charge is 2.39. The van der Waals surface area contributed by atoms with E-state index >= 15 is 0 Å². The lowest BCUT2D eigenvalue weighted by Crippen LogP contribution is -2.47. The lowest BCUT2D eigenvalue weighted by molar-refractivity contribution is 0.0974. The fourth-order valence-corrected chi connectivity index (χ4v) is 5.49. The highest BCUT2D eigenvalue weighted by atomic mass is 32.2. The van der Waals surface area contributed by atoms with Crippen LogP contribution < -0.4 is 9.21 Å². The monoisotopic (exact) mass is 434 g/mol. The summed E-state index contributed by atoms with van der Waals surface area (Å²) in [6, 6.07) is 23.7. The van der Waals surface area contributed by atoms with Crippen LogP contribution in [-0.4, -0.2) is 26.6 Å². The number of fused-ring (bicyclic) bond motifs is 1. The lowest BCUT2D eigenvalue weighted by Gasteiger charge is -2.43. The number of benzene rings is 3. The maximum absolute atomic E-state index is 13.4. The zero-order chi connectivity index (χ0) is 22.2. The summed E-state index contributed by atoms with van der Waals surface area (Å²) in [7, 11) is -3.55. The van der Waals surface area contributed by atoms with E-state index < -0.39 is 16.1 Å². The van der Waals surface area contributed by atoms with Crippen LogP contribution in [-0.2, 0) is 10.0 Å². The second-order valence-corrected chi connectivity index (χ2v) is 9.95. The first-order valence-corrected chi connectivity index (χ1v) is 12.2. The molecular formula is C25H26N2O3S. The van der Waals surface area contributed by atoms with E-state index in [2.05, 4.69) is 0 Å². The largest absolute Gasteiger partial charge is 0.305 e. The number of carbonyl (C=O) groups excluding carboxylic acids is 1. The molecule has 0 saturated carbocycles. The Morgan fingerprint density at radius 3 is 2.19 bits per heavy atom. The van der Waals surface area contributed by atoms with Crippen LogP contribution in [0.4, 0.5) is 11.4 Å². The lowest BCUT2D eigenvalue weighted by atomic mass is 9.90. The molecule has 5 nitrogen and oxygen atoms in total. The molecule has 2 atom stereocenters. The number of para-hydroxylation sites is 2. The molecule has 1 heterocycles. The van der Waals surface area contributed by atoms with Crippen molar-refractivity contribution in [3.63, 3.8) is 0 Å². The van der Waals surface area contributed by atoms with Gasteiger partial charge in [0.1, 0.15) is 0 Å². The SMILES string of the molecule is Cc1ccc(C(=O)N2c3ccccc3[C@@H](N(c3ccccc3)S(C)(=O)=O)C[C@@H]2C)cc1. The Balaban J connectivity index is 1.81. The minimum Gasteiger partial charge on any atom is -0.305 e. The Morgan fingerprint density at radius 1 is 0.935 bits per heavy atom. The minimum absolute atomic E-state index is 0.0796. The Hall–Kier alpha value is -3.12. The summed E-state index contributed by atoms with van der Waals surface area (Å²) >= 11 is 0. The van der Waals surface area contributed by atoms with Gasteiger partial charge in [0, 0.05) is 17.3 Å². The third-order valence-corrected chi connectivity index (χ3v) is 6.91. The third kappa shape index (κ3) is 4.08. The van der Waals surface area contributed by atoms with E-state index in [-0.39, 0.29) is 11.9 Å². The topological polar surface area (TPSA) is 57.7 Å². The standard InChI is InChI=1S/C25H26N2O3S/c1-18-13-15-20(16-14-18)25(28)26-19(2)17-24(22-11-7-8-12-23(22)26)27(31(3,29)30)21-9-5-4-6-10-21/h4-16,19,24H,17H2,1-3H3/t19-,24-/m0/s1. The van der Waals surface area contributed by atoms with Crippen LogP contribution in [0.3, 0.4) is 0 Å². The molecule has 1 aliphatic heterocycles. The summed E-state index contributed by atoms with van der Waals surface area (Å²) in [5, 5.41) is 0. The molecule has 4 rings (SSSR count). The first kappa shape index (κ1) is 21.1. The Morgan fingerprint density at radius 2 is 1.55 bits per heavy atom. The third-order valence-electron chi connectivity index (χ3n) is 5.73. The molecule has 1 amide bonds. The molecule has 1 aliphatic rings. The summed E-state index contributed by atoms with van der Waals surface area (Å²) in [5.41, 5.74) is 3.91. The summed E-state index contributed by atoms with van der Waals surface area (Å²) in [5.74, 6) is -0.0796. The zero-order valence-corrected chi connectivity index (χ0v) is 18.7. The number of amides is 1. The Labute approximate surface area is 184 Å². The van der Waals surface area contributed by atoms with E-state index in [4.69, 9.17) is 0 Å². The van der Waals surface area contributed by atoms with Crippen molar-refractivity contribution in [2.45, 2.75) is 32.4 Å². The number of hydrogen-bond donors (Lipinski definition) is 0. The molecule has 6 heteroatoms. The van der Waals surface area contributed by atoms with Crippen LogP contribution in [0, 0.1) is 6.92 Å². The predicted octanol–water partition coefficient (Wildman–Crippen LogP) is 4.94. The predicted molar refractivity (Wildman–Crippen MR) is 125 cm³/mol. The van der Waals surface area contributed by atoms with Crippen LogP contribution >= 0.6 is 0 Å². The summed E-state index contributed by atoms with van der Waals surface area (Å²) in [6.45, 7) is 3.96. The number of sulfonamides is 1. The van der Waals surface area contributed by atoms with E-state index in [1.807, 2.05) is 80.6 Å². The molecule has 0 unspecified atom stereocenters. The van der Waals surface area contributed by atoms with Crippen molar-refractivity contribution in [3.8, 4) is 0 Å². The summed E-state index contributed by atoms with van der Waals surface area (Å²) in [6.07, 6.45) is 1.73. The second-order valence-electron chi connectivity index (χ2n) is 8.09. The number of nitrogens with zero attached hydrogens (tertiary/aromatic N) is 2. The van der Waals surface area contributed by atoms with E-state index in [0.717, 1.165) is 16.8 Å². The van der Waals surface area contributed by atoms with Gasteiger partial charge in [0.2, 0.25) is 10.0 Å². The highest BCUT2D eigenvalue weighted by Crippen LogP contribution is 2.43. The normalized spacial score (nSPS) is 18.4. The van der Waals surface area contributed by atoms with Gasteiger partial charge in [-0.3, -0.25) is 9.10 Å². The van der Waals surface area contributed by atoms with Gasteiger partial charge in [-0.25, -0.2) is 8.42 Å². The van der Waals surface area contributed by atoms with Gasteiger partial charge < -0.3 is 4.90 Å². The van der Waals surface area contributed by atoms with Gasteiger partial charge >= 0.3 is 0 Å². The molecule has 0 aromatic heterocycles. The molecular weight excluding hydrogens is 408 g/mol. The van der Waals surface area contributed by atoms with Gasteiger partial charge in [0.15, 0.2) is 0 Å². The zero-order valence-electron chi connectivity index (χ0n) is 17.9. The number of carbonyl (C=O) groups is 1. The van der Waals surface area contributed by atoms with Gasteiger partial charge in [-0.1, -0.05) is 54.1 Å². The Kier molecular flexibility index (Phi) is 5.58. The van der Waals surface area contributed by atoms with E-state index in [9.17, 15) is 13.2 Å². The Bertz CT molecular complexity index is 1190. The molecule has 31 heavy (non-hydrogen) atoms. The van der Waals surface area contributed by atoms with Crippen LogP contribution in [0.25, 0.3) is 0 Å². The molecule has 0 fully saturated rings. The molecule has 0 N–H and O–H groups in total. The molecule has 0 bridgehead atoms.